The number of fused-ring (bicyclic) bond motifs is 1. The Morgan fingerprint density at radius 2 is 1.80 bits per heavy atom. The van der Waals surface area contributed by atoms with Crippen molar-refractivity contribution in [2.75, 3.05) is 6.61 Å². The minimum Gasteiger partial charge on any atom is -0.460 e. The van der Waals surface area contributed by atoms with Gasteiger partial charge in [-0.2, -0.15) is 0 Å². The van der Waals surface area contributed by atoms with E-state index in [9.17, 15) is 0 Å². The Labute approximate surface area is 119 Å². The van der Waals surface area contributed by atoms with E-state index in [4.69, 9.17) is 9.47 Å². The van der Waals surface area contributed by atoms with Gasteiger partial charge in [0, 0.05) is 11.1 Å². The molecule has 2 heteroatoms. The highest BCUT2D eigenvalue weighted by Crippen LogP contribution is 2.39. The van der Waals surface area contributed by atoms with E-state index < -0.39 is 0 Å². The second kappa shape index (κ2) is 5.76. The Morgan fingerprint density at radius 3 is 2.60 bits per heavy atom. The molecule has 100 valence electrons. The summed E-state index contributed by atoms with van der Waals surface area (Å²) in [7, 11) is 0. The lowest BCUT2D eigenvalue weighted by molar-refractivity contribution is -0.0800. The summed E-state index contributed by atoms with van der Waals surface area (Å²) in [6, 6.07) is 18.2. The molecule has 1 aliphatic heterocycles. The quantitative estimate of drug-likeness (QED) is 0.761. The van der Waals surface area contributed by atoms with Crippen molar-refractivity contribution in [3.8, 4) is 0 Å². The van der Waals surface area contributed by atoms with Crippen LogP contribution in [0, 0.1) is 0 Å². The maximum atomic E-state index is 5.93. The molecule has 3 rings (SSSR count). The van der Waals surface area contributed by atoms with Crippen molar-refractivity contribution < 1.29 is 9.47 Å². The van der Waals surface area contributed by atoms with Crippen LogP contribution in [0.25, 0.3) is 11.8 Å². The van der Waals surface area contributed by atoms with E-state index in [1.54, 1.807) is 6.08 Å². The van der Waals surface area contributed by atoms with Gasteiger partial charge >= 0.3 is 0 Å². The molecule has 0 fully saturated rings. The number of hydrogen-bond donors (Lipinski definition) is 0. The molecule has 0 saturated carbocycles. The monoisotopic (exact) mass is 264 g/mol. The summed E-state index contributed by atoms with van der Waals surface area (Å²) in [5, 5.41) is 0. The predicted octanol–water partition coefficient (Wildman–Crippen LogP) is 4.42. The first kappa shape index (κ1) is 12.7. The van der Waals surface area contributed by atoms with Gasteiger partial charge in [0.25, 0.3) is 0 Å². The van der Waals surface area contributed by atoms with Crippen molar-refractivity contribution in [1.29, 1.82) is 0 Å². The minimum absolute atomic E-state index is 0.348. The standard InChI is InChI=1S/C18H16O2/c1-2-12-19-18-16-11-7-6-10-15(16)17(20-18)13-14-8-4-3-5-9-14/h2-11,13,18H,1,12H2/b17-13-. The van der Waals surface area contributed by atoms with E-state index in [1.165, 1.54) is 0 Å². The molecule has 2 aromatic carbocycles. The minimum atomic E-state index is -0.348. The lowest BCUT2D eigenvalue weighted by atomic mass is 10.1. The fraction of sp³-hybridized carbons (Fsp3) is 0.111. The third-order valence-corrected chi connectivity index (χ3v) is 3.18. The van der Waals surface area contributed by atoms with Crippen molar-refractivity contribution in [2.24, 2.45) is 0 Å². The van der Waals surface area contributed by atoms with E-state index in [2.05, 4.69) is 24.8 Å². The van der Waals surface area contributed by atoms with Gasteiger partial charge in [-0.3, -0.25) is 0 Å². The molecular formula is C18H16O2. The van der Waals surface area contributed by atoms with Crippen LogP contribution >= 0.6 is 0 Å². The first-order chi connectivity index (χ1) is 9.88. The van der Waals surface area contributed by atoms with Crippen LogP contribution in [0.3, 0.4) is 0 Å². The van der Waals surface area contributed by atoms with Crippen molar-refractivity contribution >= 4 is 11.8 Å². The molecule has 0 amide bonds. The molecule has 1 atom stereocenters. The topological polar surface area (TPSA) is 18.5 Å². The highest BCUT2D eigenvalue weighted by atomic mass is 16.7. The van der Waals surface area contributed by atoms with Gasteiger partial charge in [0.2, 0.25) is 6.29 Å². The SMILES string of the molecule is C=CCOC1O/C(=C\c2ccccc2)c2ccccc21. The van der Waals surface area contributed by atoms with E-state index in [1.807, 2.05) is 42.5 Å². The average Bonchev–Trinajstić information content (AvgIpc) is 2.85. The fourth-order valence-electron chi connectivity index (χ4n) is 2.26. The lowest BCUT2D eigenvalue weighted by Crippen LogP contribution is -2.01. The molecular weight excluding hydrogens is 248 g/mol. The van der Waals surface area contributed by atoms with E-state index in [0.29, 0.717) is 6.61 Å². The Hall–Kier alpha value is -2.32. The van der Waals surface area contributed by atoms with Gasteiger partial charge in [-0.1, -0.05) is 60.7 Å². The summed E-state index contributed by atoms with van der Waals surface area (Å²) < 4.78 is 11.6. The molecule has 0 spiro atoms. The number of ether oxygens (including phenoxy) is 2. The largest absolute Gasteiger partial charge is 0.460 e. The number of benzene rings is 2. The van der Waals surface area contributed by atoms with Gasteiger partial charge in [0.1, 0.15) is 5.76 Å². The molecule has 0 N–H and O–H groups in total. The summed E-state index contributed by atoms with van der Waals surface area (Å²) in [6.07, 6.45) is 3.42. The van der Waals surface area contributed by atoms with Crippen LogP contribution < -0.4 is 0 Å². The smallest absolute Gasteiger partial charge is 0.227 e. The van der Waals surface area contributed by atoms with E-state index in [-0.39, 0.29) is 6.29 Å². The zero-order valence-corrected chi connectivity index (χ0v) is 11.2. The third kappa shape index (κ3) is 2.51. The molecule has 0 bridgehead atoms. The Morgan fingerprint density at radius 1 is 1.05 bits per heavy atom. The zero-order chi connectivity index (χ0) is 13.8. The number of hydrogen-bond acceptors (Lipinski definition) is 2. The molecule has 0 aliphatic carbocycles. The maximum Gasteiger partial charge on any atom is 0.227 e. The van der Waals surface area contributed by atoms with Crippen LogP contribution in [0.2, 0.25) is 0 Å². The van der Waals surface area contributed by atoms with Crippen LogP contribution in [-0.2, 0) is 9.47 Å². The fourth-order valence-corrected chi connectivity index (χ4v) is 2.26. The molecule has 2 nitrogen and oxygen atoms in total. The van der Waals surface area contributed by atoms with Gasteiger partial charge in [0.05, 0.1) is 6.61 Å². The third-order valence-electron chi connectivity index (χ3n) is 3.18. The van der Waals surface area contributed by atoms with E-state index >= 15 is 0 Å². The Bertz CT molecular complexity index is 629. The lowest BCUT2D eigenvalue weighted by Gasteiger charge is -2.11. The second-order valence-corrected chi connectivity index (χ2v) is 4.58. The Balaban J connectivity index is 1.94. The van der Waals surface area contributed by atoms with Gasteiger partial charge in [-0.25, -0.2) is 0 Å². The van der Waals surface area contributed by atoms with Crippen molar-refractivity contribution in [3.63, 3.8) is 0 Å². The normalized spacial score (nSPS) is 18.6. The maximum absolute atomic E-state index is 5.93. The first-order valence-corrected chi connectivity index (χ1v) is 6.63. The average molecular weight is 264 g/mol. The summed E-state index contributed by atoms with van der Waals surface area (Å²) >= 11 is 0. The van der Waals surface area contributed by atoms with Gasteiger partial charge in [0.15, 0.2) is 0 Å². The van der Waals surface area contributed by atoms with Crippen LogP contribution in [0.15, 0.2) is 67.3 Å². The molecule has 1 aliphatic rings. The van der Waals surface area contributed by atoms with Crippen molar-refractivity contribution in [2.45, 2.75) is 6.29 Å². The van der Waals surface area contributed by atoms with Crippen LogP contribution in [-0.4, -0.2) is 6.61 Å². The number of rotatable bonds is 4. The summed E-state index contributed by atoms with van der Waals surface area (Å²) in [6.45, 7) is 4.14. The molecule has 1 heterocycles. The summed E-state index contributed by atoms with van der Waals surface area (Å²) in [5.41, 5.74) is 3.27. The van der Waals surface area contributed by atoms with Crippen molar-refractivity contribution in [1.82, 2.24) is 0 Å². The van der Waals surface area contributed by atoms with Crippen LogP contribution in [0.1, 0.15) is 23.0 Å². The molecule has 0 saturated heterocycles. The van der Waals surface area contributed by atoms with Gasteiger partial charge in [-0.05, 0) is 11.6 Å². The molecule has 0 radical (unpaired) electrons. The predicted molar refractivity (Wildman–Crippen MR) is 80.7 cm³/mol. The summed E-state index contributed by atoms with van der Waals surface area (Å²) in [4.78, 5) is 0. The molecule has 0 aromatic heterocycles. The molecule has 2 aromatic rings. The summed E-state index contributed by atoms with van der Waals surface area (Å²) in [5.74, 6) is 0.848. The first-order valence-electron chi connectivity index (χ1n) is 6.63. The van der Waals surface area contributed by atoms with Crippen LogP contribution in [0.4, 0.5) is 0 Å². The molecule has 20 heavy (non-hydrogen) atoms. The molecule has 1 unspecified atom stereocenters. The highest BCUT2D eigenvalue weighted by molar-refractivity contribution is 5.80. The van der Waals surface area contributed by atoms with E-state index in [0.717, 1.165) is 22.4 Å². The Kier molecular flexibility index (Phi) is 3.66. The second-order valence-electron chi connectivity index (χ2n) is 4.58. The zero-order valence-electron chi connectivity index (χ0n) is 11.2. The highest BCUT2D eigenvalue weighted by Gasteiger charge is 2.27. The van der Waals surface area contributed by atoms with Crippen molar-refractivity contribution in [3.05, 3.63) is 83.9 Å². The van der Waals surface area contributed by atoms with Crippen LogP contribution in [0.5, 0.6) is 0 Å². The van der Waals surface area contributed by atoms with Gasteiger partial charge < -0.3 is 9.47 Å². The van der Waals surface area contributed by atoms with Gasteiger partial charge in [-0.15, -0.1) is 6.58 Å².